The second-order valence-electron chi connectivity index (χ2n) is 7.16. The molecular formula is C20H14F6N4O3. The number of ether oxygens (including phenoxy) is 2. The summed E-state index contributed by atoms with van der Waals surface area (Å²) in [5, 5.41) is 4.28. The molecule has 2 aromatic carbocycles. The van der Waals surface area contributed by atoms with Crippen LogP contribution in [-0.4, -0.2) is 39.3 Å². The lowest BCUT2D eigenvalue weighted by molar-refractivity contribution is -0.274. The minimum atomic E-state index is -5.13. The fourth-order valence-electron chi connectivity index (χ4n) is 3.44. The number of nitrogens with zero attached hydrogens (tertiary/aromatic N) is 3. The molecule has 1 heterocycles. The Balaban J connectivity index is 1.53. The molecule has 0 saturated heterocycles. The van der Waals surface area contributed by atoms with Crippen LogP contribution >= 0.6 is 0 Å². The lowest BCUT2D eigenvalue weighted by atomic mass is 10.1. The molecule has 1 aliphatic carbocycles. The Hall–Kier alpha value is -3.61. The van der Waals surface area contributed by atoms with Crippen molar-refractivity contribution < 1.29 is 40.6 Å². The summed E-state index contributed by atoms with van der Waals surface area (Å²) in [6.45, 7) is 0. The van der Waals surface area contributed by atoms with Gasteiger partial charge < -0.3 is 15.2 Å². The number of esters is 1. The molecule has 0 amide bonds. The molecule has 2 unspecified atom stereocenters. The summed E-state index contributed by atoms with van der Waals surface area (Å²) in [6, 6.07) is 8.82. The van der Waals surface area contributed by atoms with Gasteiger partial charge in [-0.25, -0.2) is 14.5 Å². The van der Waals surface area contributed by atoms with Crippen LogP contribution in [-0.2, 0) is 16.0 Å². The molecule has 0 aliphatic heterocycles. The van der Waals surface area contributed by atoms with Crippen LogP contribution in [0.5, 0.6) is 5.75 Å². The van der Waals surface area contributed by atoms with Crippen LogP contribution in [0.3, 0.4) is 0 Å². The van der Waals surface area contributed by atoms with Crippen molar-refractivity contribution in [3.8, 4) is 22.8 Å². The number of benzene rings is 2. The van der Waals surface area contributed by atoms with Gasteiger partial charge in [0.05, 0.1) is 11.7 Å². The van der Waals surface area contributed by atoms with Gasteiger partial charge in [-0.3, -0.25) is 0 Å². The number of alkyl halides is 6. The van der Waals surface area contributed by atoms with E-state index in [1.54, 1.807) is 12.1 Å². The van der Waals surface area contributed by atoms with Crippen LogP contribution in [0, 0.1) is 0 Å². The van der Waals surface area contributed by atoms with Gasteiger partial charge in [0.25, 0.3) is 0 Å². The first kappa shape index (κ1) is 22.6. The first-order valence-corrected chi connectivity index (χ1v) is 9.35. The maximum atomic E-state index is 12.5. The number of nitrogens with two attached hydrogens (primary N) is 1. The number of carbonyl (C=O) groups excluding carboxylic acids is 1. The monoisotopic (exact) mass is 472 g/mol. The number of carbonyl (C=O) groups is 1. The molecule has 2 atom stereocenters. The highest BCUT2D eigenvalue weighted by molar-refractivity contribution is 5.76. The van der Waals surface area contributed by atoms with Gasteiger partial charge in [0.15, 0.2) is 5.82 Å². The van der Waals surface area contributed by atoms with E-state index in [1.807, 2.05) is 0 Å². The van der Waals surface area contributed by atoms with Crippen LogP contribution in [0.1, 0.15) is 17.2 Å². The molecule has 33 heavy (non-hydrogen) atoms. The van der Waals surface area contributed by atoms with Gasteiger partial charge in [-0.2, -0.15) is 13.2 Å². The number of aromatic nitrogens is 3. The van der Waals surface area contributed by atoms with E-state index in [1.165, 1.54) is 29.2 Å². The fourth-order valence-corrected chi connectivity index (χ4v) is 3.44. The highest BCUT2D eigenvalue weighted by atomic mass is 19.4. The van der Waals surface area contributed by atoms with Gasteiger partial charge in [-0.15, -0.1) is 18.3 Å². The molecule has 7 nitrogen and oxygen atoms in total. The molecule has 0 fully saturated rings. The van der Waals surface area contributed by atoms with Crippen molar-refractivity contribution in [1.82, 2.24) is 14.8 Å². The summed E-state index contributed by atoms with van der Waals surface area (Å²) in [6.07, 6.45) is -9.63. The summed E-state index contributed by atoms with van der Waals surface area (Å²) in [4.78, 5) is 15.4. The lowest BCUT2D eigenvalue weighted by Crippen LogP contribution is -2.33. The van der Waals surface area contributed by atoms with Gasteiger partial charge in [-0.1, -0.05) is 12.1 Å². The molecule has 1 aromatic heterocycles. The van der Waals surface area contributed by atoms with E-state index >= 15 is 0 Å². The second kappa shape index (κ2) is 8.06. The second-order valence-corrected chi connectivity index (χ2v) is 7.16. The molecule has 1 aliphatic rings. The van der Waals surface area contributed by atoms with Gasteiger partial charge in [0.2, 0.25) is 0 Å². The van der Waals surface area contributed by atoms with E-state index in [-0.39, 0.29) is 18.0 Å². The third kappa shape index (κ3) is 4.92. The summed E-state index contributed by atoms with van der Waals surface area (Å²) < 4.78 is 84.2. The Kier molecular flexibility index (Phi) is 5.52. The summed E-state index contributed by atoms with van der Waals surface area (Å²) in [5.41, 5.74) is 7.78. The Bertz CT molecular complexity index is 1170. The minimum absolute atomic E-state index is 0.181. The highest BCUT2D eigenvalue weighted by Gasteiger charge is 2.45. The Labute approximate surface area is 181 Å². The van der Waals surface area contributed by atoms with Crippen LogP contribution in [0.2, 0.25) is 0 Å². The molecule has 0 saturated carbocycles. The predicted molar refractivity (Wildman–Crippen MR) is 100 cm³/mol. The molecule has 174 valence electrons. The van der Waals surface area contributed by atoms with Crippen LogP contribution < -0.4 is 10.5 Å². The Morgan fingerprint density at radius 3 is 2.39 bits per heavy atom. The zero-order valence-corrected chi connectivity index (χ0v) is 16.4. The maximum absolute atomic E-state index is 12.5. The van der Waals surface area contributed by atoms with Crippen LogP contribution in [0.15, 0.2) is 48.8 Å². The molecule has 0 spiro atoms. The normalized spacial score (nSPS) is 18.2. The molecule has 4 rings (SSSR count). The first-order chi connectivity index (χ1) is 15.4. The van der Waals surface area contributed by atoms with E-state index in [0.717, 1.165) is 12.1 Å². The van der Waals surface area contributed by atoms with Crippen molar-refractivity contribution in [3.05, 3.63) is 59.9 Å². The zero-order chi connectivity index (χ0) is 24.0. The molecule has 3 aromatic rings. The standard InChI is InChI=1S/C20H14F6N4O3/c21-19(22,23)18(31)32-16-14-6-1-10(7-11(14)8-15(16)27)17-28-9-30(29-17)12-2-4-13(5-3-12)33-20(24,25)26/h1-7,9,15-16H,8,27H2. The van der Waals surface area contributed by atoms with E-state index in [9.17, 15) is 31.1 Å². The molecular weight excluding hydrogens is 458 g/mol. The highest BCUT2D eigenvalue weighted by Crippen LogP contribution is 2.37. The number of halogens is 6. The van der Waals surface area contributed by atoms with E-state index in [0.29, 0.717) is 22.4 Å². The van der Waals surface area contributed by atoms with Crippen molar-refractivity contribution in [2.45, 2.75) is 31.1 Å². The van der Waals surface area contributed by atoms with Crippen molar-refractivity contribution in [2.24, 2.45) is 5.73 Å². The third-order valence-corrected chi connectivity index (χ3v) is 4.84. The number of hydrogen-bond donors (Lipinski definition) is 1. The SMILES string of the molecule is NC1Cc2cc(-c3ncn(-c4ccc(OC(F)(F)F)cc4)n3)ccc2C1OC(=O)C(F)(F)F. The van der Waals surface area contributed by atoms with Gasteiger partial charge in [-0.05, 0) is 47.9 Å². The molecule has 0 bridgehead atoms. The smallest absolute Gasteiger partial charge is 0.449 e. The third-order valence-electron chi connectivity index (χ3n) is 4.84. The van der Waals surface area contributed by atoms with E-state index < -0.39 is 30.7 Å². The average Bonchev–Trinajstić information content (AvgIpc) is 3.31. The number of fused-ring (bicyclic) bond motifs is 1. The summed E-state index contributed by atoms with van der Waals surface area (Å²) in [5.74, 6) is -2.44. The Morgan fingerprint density at radius 1 is 1.06 bits per heavy atom. The van der Waals surface area contributed by atoms with Crippen molar-refractivity contribution >= 4 is 5.97 Å². The summed E-state index contributed by atoms with van der Waals surface area (Å²) >= 11 is 0. The molecule has 13 heteroatoms. The van der Waals surface area contributed by atoms with E-state index in [2.05, 4.69) is 19.6 Å². The maximum Gasteiger partial charge on any atom is 0.573 e. The van der Waals surface area contributed by atoms with Crippen LogP contribution in [0.25, 0.3) is 17.1 Å². The quantitative estimate of drug-likeness (QED) is 0.458. The zero-order valence-electron chi connectivity index (χ0n) is 16.4. The van der Waals surface area contributed by atoms with Crippen molar-refractivity contribution in [3.63, 3.8) is 0 Å². The molecule has 2 N–H and O–H groups in total. The number of hydrogen-bond acceptors (Lipinski definition) is 6. The summed E-state index contributed by atoms with van der Waals surface area (Å²) in [7, 11) is 0. The largest absolute Gasteiger partial charge is 0.573 e. The van der Waals surface area contributed by atoms with Crippen molar-refractivity contribution in [2.75, 3.05) is 0 Å². The van der Waals surface area contributed by atoms with Gasteiger partial charge in [0, 0.05) is 5.56 Å². The van der Waals surface area contributed by atoms with Gasteiger partial charge >= 0.3 is 18.5 Å². The number of rotatable bonds is 4. The first-order valence-electron chi connectivity index (χ1n) is 9.35. The topological polar surface area (TPSA) is 92.3 Å². The van der Waals surface area contributed by atoms with Crippen LogP contribution in [0.4, 0.5) is 26.3 Å². The predicted octanol–water partition coefficient (Wildman–Crippen LogP) is 3.86. The van der Waals surface area contributed by atoms with E-state index in [4.69, 9.17) is 5.73 Å². The molecule has 0 radical (unpaired) electrons. The van der Waals surface area contributed by atoms with Gasteiger partial charge in [0.1, 0.15) is 18.2 Å². The van der Waals surface area contributed by atoms with Crippen molar-refractivity contribution in [1.29, 1.82) is 0 Å². The lowest BCUT2D eigenvalue weighted by Gasteiger charge is -2.18. The average molecular weight is 472 g/mol. The Morgan fingerprint density at radius 2 is 1.76 bits per heavy atom. The fraction of sp³-hybridized carbons (Fsp3) is 0.250. The minimum Gasteiger partial charge on any atom is -0.449 e.